The largest absolute Gasteiger partial charge is 0.480 e. The van der Waals surface area contributed by atoms with Crippen LogP contribution in [0.25, 0.3) is 0 Å². The van der Waals surface area contributed by atoms with Crippen molar-refractivity contribution in [2.45, 2.75) is 32.2 Å². The Morgan fingerprint density at radius 1 is 1.60 bits per heavy atom. The highest BCUT2D eigenvalue weighted by Gasteiger charge is 2.35. The van der Waals surface area contributed by atoms with Gasteiger partial charge in [0, 0.05) is 12.5 Å². The maximum atomic E-state index is 11.9. The van der Waals surface area contributed by atoms with Crippen molar-refractivity contribution >= 4 is 11.9 Å². The van der Waals surface area contributed by atoms with Gasteiger partial charge in [-0.1, -0.05) is 6.92 Å². The van der Waals surface area contributed by atoms with Crippen molar-refractivity contribution in [2.75, 3.05) is 13.1 Å². The topological polar surface area (TPSA) is 83.6 Å². The predicted molar refractivity (Wildman–Crippen MR) is 55.2 cm³/mol. The van der Waals surface area contributed by atoms with Crippen LogP contribution < -0.4 is 5.73 Å². The minimum Gasteiger partial charge on any atom is -0.480 e. The van der Waals surface area contributed by atoms with E-state index in [0.29, 0.717) is 25.9 Å². The number of hydrogen-bond donors (Lipinski definition) is 2. The number of carboxylic acids is 1. The first-order chi connectivity index (χ1) is 7.07. The maximum absolute atomic E-state index is 11.9. The summed E-state index contributed by atoms with van der Waals surface area (Å²) in [4.78, 5) is 24.2. The zero-order valence-electron chi connectivity index (χ0n) is 8.98. The van der Waals surface area contributed by atoms with Crippen LogP contribution in [0.5, 0.6) is 0 Å². The lowest BCUT2D eigenvalue weighted by Crippen LogP contribution is -2.43. The van der Waals surface area contributed by atoms with Crippen molar-refractivity contribution in [1.29, 1.82) is 0 Å². The van der Waals surface area contributed by atoms with Crippen LogP contribution in [0.3, 0.4) is 0 Å². The summed E-state index contributed by atoms with van der Waals surface area (Å²) in [5.41, 5.74) is 5.37. The summed E-state index contributed by atoms with van der Waals surface area (Å²) in [6.07, 6.45) is 1.95. The molecule has 2 atom stereocenters. The normalized spacial score (nSPS) is 22.8. The van der Waals surface area contributed by atoms with Crippen molar-refractivity contribution in [3.05, 3.63) is 0 Å². The fourth-order valence-corrected chi connectivity index (χ4v) is 1.94. The van der Waals surface area contributed by atoms with Crippen LogP contribution >= 0.6 is 0 Å². The summed E-state index contributed by atoms with van der Waals surface area (Å²) >= 11 is 0. The van der Waals surface area contributed by atoms with Crippen LogP contribution in [-0.2, 0) is 9.59 Å². The Hall–Kier alpha value is -1.10. The number of hydrogen-bond acceptors (Lipinski definition) is 3. The van der Waals surface area contributed by atoms with Crippen molar-refractivity contribution in [3.63, 3.8) is 0 Å². The van der Waals surface area contributed by atoms with Gasteiger partial charge in [0.05, 0.1) is 0 Å². The van der Waals surface area contributed by atoms with Gasteiger partial charge in [-0.05, 0) is 25.8 Å². The van der Waals surface area contributed by atoms with Gasteiger partial charge in [0.25, 0.3) is 0 Å². The van der Waals surface area contributed by atoms with Crippen molar-refractivity contribution < 1.29 is 14.7 Å². The van der Waals surface area contributed by atoms with Crippen LogP contribution in [0.15, 0.2) is 0 Å². The van der Waals surface area contributed by atoms with E-state index < -0.39 is 12.0 Å². The number of carboxylic acid groups (broad SMARTS) is 1. The Kier molecular flexibility index (Phi) is 4.08. The van der Waals surface area contributed by atoms with E-state index >= 15 is 0 Å². The third-order valence-electron chi connectivity index (χ3n) is 2.84. The van der Waals surface area contributed by atoms with E-state index in [4.69, 9.17) is 10.8 Å². The molecule has 3 N–H and O–H groups in total. The number of carbonyl (C=O) groups is 2. The smallest absolute Gasteiger partial charge is 0.326 e. The zero-order chi connectivity index (χ0) is 11.4. The average Bonchev–Trinajstić information content (AvgIpc) is 2.65. The number of nitrogens with zero attached hydrogens (tertiary/aromatic N) is 1. The molecule has 1 heterocycles. The van der Waals surface area contributed by atoms with Gasteiger partial charge in [-0.25, -0.2) is 4.79 Å². The Balaban J connectivity index is 2.62. The molecular weight excluding hydrogens is 196 g/mol. The highest BCUT2D eigenvalue weighted by atomic mass is 16.4. The number of aliphatic carboxylic acids is 1. The molecule has 0 bridgehead atoms. The van der Waals surface area contributed by atoms with Crippen LogP contribution in [-0.4, -0.2) is 41.0 Å². The Labute approximate surface area is 89.2 Å². The molecule has 5 nitrogen and oxygen atoms in total. The van der Waals surface area contributed by atoms with Crippen molar-refractivity contribution in [3.8, 4) is 0 Å². The quantitative estimate of drug-likeness (QED) is 0.692. The van der Waals surface area contributed by atoms with Gasteiger partial charge in [-0.15, -0.1) is 0 Å². The number of rotatable bonds is 4. The Morgan fingerprint density at radius 3 is 2.80 bits per heavy atom. The summed E-state index contributed by atoms with van der Waals surface area (Å²) in [5.74, 6) is -1.15. The molecule has 0 aromatic carbocycles. The standard InChI is InChI=1S/C10H18N2O3/c1-7(4-5-11)9(13)12-6-2-3-8(12)10(14)15/h7-8H,2-6,11H2,1H3,(H,14,15)/t7?,8-/m0/s1. The summed E-state index contributed by atoms with van der Waals surface area (Å²) in [6, 6.07) is -0.627. The highest BCUT2D eigenvalue weighted by molar-refractivity contribution is 5.85. The third kappa shape index (κ3) is 2.68. The van der Waals surface area contributed by atoms with E-state index in [-0.39, 0.29) is 11.8 Å². The molecule has 0 aromatic heterocycles. The van der Waals surface area contributed by atoms with E-state index in [9.17, 15) is 9.59 Å². The first-order valence-corrected chi connectivity index (χ1v) is 5.31. The molecule has 0 saturated carbocycles. The fraction of sp³-hybridized carbons (Fsp3) is 0.800. The lowest BCUT2D eigenvalue weighted by molar-refractivity contribution is -0.149. The second kappa shape index (κ2) is 5.11. The molecule has 1 saturated heterocycles. The highest BCUT2D eigenvalue weighted by Crippen LogP contribution is 2.20. The van der Waals surface area contributed by atoms with E-state index in [2.05, 4.69) is 0 Å². The summed E-state index contributed by atoms with van der Waals surface area (Å²) in [7, 11) is 0. The molecule has 1 unspecified atom stereocenters. The minimum atomic E-state index is -0.902. The summed E-state index contributed by atoms with van der Waals surface area (Å²) in [6.45, 7) is 2.82. The average molecular weight is 214 g/mol. The monoisotopic (exact) mass is 214 g/mol. The molecule has 86 valence electrons. The second-order valence-electron chi connectivity index (χ2n) is 4.01. The second-order valence-corrected chi connectivity index (χ2v) is 4.01. The molecule has 0 spiro atoms. The first kappa shape index (κ1) is 12.0. The first-order valence-electron chi connectivity index (χ1n) is 5.31. The van der Waals surface area contributed by atoms with E-state index in [1.165, 1.54) is 4.90 Å². The fourth-order valence-electron chi connectivity index (χ4n) is 1.94. The van der Waals surface area contributed by atoms with Gasteiger partial charge in [0.15, 0.2) is 0 Å². The minimum absolute atomic E-state index is 0.0784. The molecular formula is C10H18N2O3. The third-order valence-corrected chi connectivity index (χ3v) is 2.84. The molecule has 1 rings (SSSR count). The van der Waals surface area contributed by atoms with Crippen LogP contribution in [0.4, 0.5) is 0 Å². The van der Waals surface area contributed by atoms with E-state index in [0.717, 1.165) is 6.42 Å². The summed E-state index contributed by atoms with van der Waals surface area (Å²) < 4.78 is 0. The van der Waals surface area contributed by atoms with Gasteiger partial charge >= 0.3 is 5.97 Å². The van der Waals surface area contributed by atoms with Crippen LogP contribution in [0.2, 0.25) is 0 Å². The van der Waals surface area contributed by atoms with E-state index in [1.807, 2.05) is 0 Å². The number of nitrogens with two attached hydrogens (primary N) is 1. The number of carbonyl (C=O) groups excluding carboxylic acids is 1. The maximum Gasteiger partial charge on any atom is 0.326 e. The molecule has 1 amide bonds. The van der Waals surface area contributed by atoms with Gasteiger partial charge in [-0.2, -0.15) is 0 Å². The molecule has 1 aliphatic rings. The van der Waals surface area contributed by atoms with Crippen molar-refractivity contribution in [2.24, 2.45) is 11.7 Å². The predicted octanol–water partition coefficient (Wildman–Crippen LogP) is 0.0469. The van der Waals surface area contributed by atoms with Crippen LogP contribution in [0.1, 0.15) is 26.2 Å². The van der Waals surface area contributed by atoms with Crippen molar-refractivity contribution in [1.82, 2.24) is 4.90 Å². The van der Waals surface area contributed by atoms with Crippen LogP contribution in [0, 0.1) is 5.92 Å². The number of likely N-dealkylation sites (tertiary alicyclic amines) is 1. The zero-order valence-corrected chi connectivity index (χ0v) is 8.98. The molecule has 0 aromatic rings. The molecule has 0 aliphatic carbocycles. The Morgan fingerprint density at radius 2 is 2.27 bits per heavy atom. The lowest BCUT2D eigenvalue weighted by Gasteiger charge is -2.24. The molecule has 1 aliphatic heterocycles. The molecule has 0 radical (unpaired) electrons. The SMILES string of the molecule is CC(CCN)C(=O)N1CCC[C@H]1C(=O)O. The molecule has 15 heavy (non-hydrogen) atoms. The molecule has 1 fully saturated rings. The molecule has 5 heteroatoms. The van der Waals surface area contributed by atoms with Gasteiger partial charge < -0.3 is 15.7 Å². The summed E-state index contributed by atoms with van der Waals surface area (Å²) in [5, 5.41) is 8.93. The van der Waals surface area contributed by atoms with Gasteiger partial charge in [-0.3, -0.25) is 4.79 Å². The lowest BCUT2D eigenvalue weighted by atomic mass is 10.1. The van der Waals surface area contributed by atoms with Gasteiger partial charge in [0.1, 0.15) is 6.04 Å². The van der Waals surface area contributed by atoms with Gasteiger partial charge in [0.2, 0.25) is 5.91 Å². The van der Waals surface area contributed by atoms with E-state index in [1.54, 1.807) is 6.92 Å². The Bertz CT molecular complexity index is 255. The number of amides is 1.